The summed E-state index contributed by atoms with van der Waals surface area (Å²) in [5.41, 5.74) is 5.47. The quantitative estimate of drug-likeness (QED) is 0.328. The summed E-state index contributed by atoms with van der Waals surface area (Å²) in [6, 6.07) is 21.2. The molecule has 1 fully saturated rings. The number of ether oxygens (including phenoxy) is 2. The van der Waals surface area contributed by atoms with Crippen LogP contribution in [0.3, 0.4) is 0 Å². The molecule has 3 aliphatic heterocycles. The Hall–Kier alpha value is -3.74. The topological polar surface area (TPSA) is 86.5 Å². The highest BCUT2D eigenvalue weighted by atomic mass is 35.5. The van der Waals surface area contributed by atoms with E-state index in [0.29, 0.717) is 37.0 Å². The highest BCUT2D eigenvalue weighted by Gasteiger charge is 2.31. The van der Waals surface area contributed by atoms with Crippen LogP contribution >= 0.6 is 11.6 Å². The predicted octanol–water partition coefficient (Wildman–Crippen LogP) is 5.57. The van der Waals surface area contributed by atoms with Gasteiger partial charge < -0.3 is 24.6 Å². The highest BCUT2D eigenvalue weighted by molar-refractivity contribution is 6.35. The number of aromatic nitrogens is 2. The van der Waals surface area contributed by atoms with E-state index in [2.05, 4.69) is 58.6 Å². The number of rotatable bonds is 5. The van der Waals surface area contributed by atoms with Crippen molar-refractivity contribution in [2.45, 2.75) is 44.6 Å². The van der Waals surface area contributed by atoms with Crippen LogP contribution in [0.1, 0.15) is 40.5 Å². The van der Waals surface area contributed by atoms with Crippen molar-refractivity contribution < 1.29 is 9.47 Å². The number of halogens is 1. The second-order valence-electron chi connectivity index (χ2n) is 11.4. The van der Waals surface area contributed by atoms with Crippen LogP contribution in [0.5, 0.6) is 11.8 Å². The molecule has 0 bridgehead atoms. The number of fused-ring (bicyclic) bond motifs is 3. The molecule has 1 N–H and O–H groups in total. The zero-order valence-corrected chi connectivity index (χ0v) is 24.4. The lowest BCUT2D eigenvalue weighted by atomic mass is 9.94. The largest absolute Gasteiger partial charge is 0.424 e. The van der Waals surface area contributed by atoms with Crippen LogP contribution in [0.15, 0.2) is 54.6 Å². The van der Waals surface area contributed by atoms with Crippen molar-refractivity contribution in [3.05, 3.63) is 87.6 Å². The second kappa shape index (κ2) is 11.5. The van der Waals surface area contributed by atoms with Gasteiger partial charge in [-0.3, -0.25) is 0 Å². The number of hydrogen-bond acceptors (Lipinski definition) is 8. The highest BCUT2D eigenvalue weighted by Crippen LogP contribution is 2.40. The molecule has 1 unspecified atom stereocenters. The standard InChI is InChI=1S/C33H33ClN6O2/c1-39-15-12-24-22(18-39)7-4-10-29(24)42-33-37-28-17-30(25-8-2-5-21-6-3-9-27(34)31(21)25)41-20-26(28)32(38-33)40-16-14-36-23(19-40)11-13-35/h2-10,23,30,36H,11-12,14-20H2,1H3/t23-,30?/m0/s1. The van der Waals surface area contributed by atoms with Crippen LogP contribution in [-0.2, 0) is 30.7 Å². The summed E-state index contributed by atoms with van der Waals surface area (Å²) in [6.07, 6.45) is 1.74. The average Bonchev–Trinajstić information content (AvgIpc) is 3.00. The Bertz CT molecular complexity index is 1680. The molecule has 42 heavy (non-hydrogen) atoms. The van der Waals surface area contributed by atoms with Crippen LogP contribution in [-0.4, -0.2) is 54.1 Å². The van der Waals surface area contributed by atoms with E-state index in [9.17, 15) is 5.26 Å². The van der Waals surface area contributed by atoms with Crippen molar-refractivity contribution in [2.75, 3.05) is 38.1 Å². The minimum Gasteiger partial charge on any atom is -0.424 e. The molecule has 0 aliphatic carbocycles. The first-order valence-electron chi connectivity index (χ1n) is 14.6. The molecule has 8 nitrogen and oxygen atoms in total. The van der Waals surface area contributed by atoms with Crippen molar-refractivity contribution in [3.63, 3.8) is 0 Å². The van der Waals surface area contributed by atoms with Gasteiger partial charge in [0, 0.05) is 66.7 Å². The van der Waals surface area contributed by atoms with Gasteiger partial charge in [-0.1, -0.05) is 54.1 Å². The van der Waals surface area contributed by atoms with Gasteiger partial charge in [-0.25, -0.2) is 0 Å². The summed E-state index contributed by atoms with van der Waals surface area (Å²) in [7, 11) is 2.14. The van der Waals surface area contributed by atoms with Crippen molar-refractivity contribution >= 4 is 28.2 Å². The molecule has 0 saturated carbocycles. The Morgan fingerprint density at radius 1 is 1.10 bits per heavy atom. The van der Waals surface area contributed by atoms with Gasteiger partial charge in [-0.05, 0) is 42.1 Å². The third-order valence-corrected chi connectivity index (χ3v) is 8.91. The Labute approximate surface area is 250 Å². The third-order valence-electron chi connectivity index (χ3n) is 8.60. The number of benzene rings is 3. The molecule has 214 valence electrons. The number of nitriles is 1. The average molecular weight is 581 g/mol. The fourth-order valence-electron chi connectivity index (χ4n) is 6.50. The molecule has 1 aromatic heterocycles. The van der Waals surface area contributed by atoms with E-state index >= 15 is 0 Å². The molecule has 9 heteroatoms. The van der Waals surface area contributed by atoms with Gasteiger partial charge in [-0.15, -0.1) is 0 Å². The van der Waals surface area contributed by atoms with Crippen molar-refractivity contribution in [1.82, 2.24) is 20.2 Å². The Morgan fingerprint density at radius 3 is 2.83 bits per heavy atom. The van der Waals surface area contributed by atoms with Gasteiger partial charge >= 0.3 is 6.01 Å². The fraction of sp³-hybridized carbons (Fsp3) is 0.364. The second-order valence-corrected chi connectivity index (χ2v) is 11.8. The van der Waals surface area contributed by atoms with Crippen molar-refractivity contribution in [2.24, 2.45) is 0 Å². The molecule has 3 aliphatic rings. The lowest BCUT2D eigenvalue weighted by Gasteiger charge is -2.36. The maximum Gasteiger partial charge on any atom is 0.324 e. The molecule has 0 radical (unpaired) electrons. The van der Waals surface area contributed by atoms with Crippen LogP contribution in [0, 0.1) is 11.3 Å². The maximum atomic E-state index is 9.33. The first-order valence-corrected chi connectivity index (χ1v) is 15.0. The lowest BCUT2D eigenvalue weighted by molar-refractivity contribution is 0.0267. The molecule has 4 heterocycles. The van der Waals surface area contributed by atoms with Crippen LogP contribution < -0.4 is 15.0 Å². The zero-order chi connectivity index (χ0) is 28.6. The summed E-state index contributed by atoms with van der Waals surface area (Å²) in [5.74, 6) is 1.65. The molecule has 2 atom stereocenters. The van der Waals surface area contributed by atoms with E-state index in [4.69, 9.17) is 31.0 Å². The number of hydrogen-bond donors (Lipinski definition) is 1. The Morgan fingerprint density at radius 2 is 1.95 bits per heavy atom. The normalized spacial score (nSPS) is 20.5. The minimum atomic E-state index is -0.203. The van der Waals surface area contributed by atoms with E-state index < -0.39 is 0 Å². The van der Waals surface area contributed by atoms with Gasteiger partial charge in [0.05, 0.1) is 30.9 Å². The van der Waals surface area contributed by atoms with Crippen molar-refractivity contribution in [1.29, 1.82) is 5.26 Å². The smallest absolute Gasteiger partial charge is 0.324 e. The first-order chi connectivity index (χ1) is 20.6. The summed E-state index contributed by atoms with van der Waals surface area (Å²) in [5, 5.41) is 15.6. The monoisotopic (exact) mass is 580 g/mol. The maximum absolute atomic E-state index is 9.33. The SMILES string of the molecule is CN1CCc2c(cccc2Oc2nc3c(c(N4CCN[C@@H](CC#N)C4)n2)COC(c2cccc4cccc(Cl)c24)C3)C1. The van der Waals surface area contributed by atoms with Crippen LogP contribution in [0.2, 0.25) is 5.02 Å². The molecule has 1 saturated heterocycles. The molecule has 0 amide bonds. The number of anilines is 1. The molecule has 3 aromatic carbocycles. The van der Waals surface area contributed by atoms with Gasteiger partial charge in [0.1, 0.15) is 11.6 Å². The molecule has 0 spiro atoms. The lowest BCUT2D eigenvalue weighted by Crippen LogP contribution is -2.51. The van der Waals surface area contributed by atoms with E-state index in [1.165, 1.54) is 11.1 Å². The van der Waals surface area contributed by atoms with Gasteiger partial charge in [0.15, 0.2) is 0 Å². The van der Waals surface area contributed by atoms with Crippen LogP contribution in [0.25, 0.3) is 10.8 Å². The summed E-state index contributed by atoms with van der Waals surface area (Å²) < 4.78 is 13.0. The predicted molar refractivity (Wildman–Crippen MR) is 163 cm³/mol. The number of piperazine rings is 1. The van der Waals surface area contributed by atoms with Crippen LogP contribution in [0.4, 0.5) is 5.82 Å². The first kappa shape index (κ1) is 27.1. The zero-order valence-electron chi connectivity index (χ0n) is 23.6. The van der Waals surface area contributed by atoms with Crippen molar-refractivity contribution in [3.8, 4) is 17.8 Å². The van der Waals surface area contributed by atoms with Gasteiger partial charge in [-0.2, -0.15) is 15.2 Å². The summed E-state index contributed by atoms with van der Waals surface area (Å²) >= 11 is 6.69. The molecule has 7 rings (SSSR count). The third kappa shape index (κ3) is 5.18. The summed E-state index contributed by atoms with van der Waals surface area (Å²) in [4.78, 5) is 14.6. The Balaban J connectivity index is 1.28. The molecular weight excluding hydrogens is 548 g/mol. The number of nitrogens with one attached hydrogen (secondary N) is 1. The minimum absolute atomic E-state index is 0.0759. The molecular formula is C33H33ClN6O2. The van der Waals surface area contributed by atoms with E-state index in [0.717, 1.165) is 71.8 Å². The Kier molecular flexibility index (Phi) is 7.43. The number of nitrogens with zero attached hydrogens (tertiary/aromatic N) is 5. The molecule has 4 aromatic rings. The van der Waals surface area contributed by atoms with Gasteiger partial charge in [0.2, 0.25) is 0 Å². The number of likely N-dealkylation sites (N-methyl/N-ethyl adjacent to an activating group) is 1. The fourth-order valence-corrected chi connectivity index (χ4v) is 6.79. The van der Waals surface area contributed by atoms with E-state index in [1.807, 2.05) is 24.3 Å². The van der Waals surface area contributed by atoms with Gasteiger partial charge in [0.25, 0.3) is 0 Å². The van der Waals surface area contributed by atoms with E-state index in [-0.39, 0.29) is 12.1 Å². The van der Waals surface area contributed by atoms with E-state index in [1.54, 1.807) is 0 Å². The summed E-state index contributed by atoms with van der Waals surface area (Å²) in [6.45, 7) is 4.51.